The molecule has 1 aliphatic heterocycles. The first-order chi connectivity index (χ1) is 11.9. The van der Waals surface area contributed by atoms with Crippen molar-refractivity contribution in [3.05, 3.63) is 12.2 Å². The summed E-state index contributed by atoms with van der Waals surface area (Å²) in [7, 11) is 0. The minimum atomic E-state index is -0.821. The monoisotopic (exact) mass is 354 g/mol. The molecule has 0 saturated carbocycles. The van der Waals surface area contributed by atoms with Crippen molar-refractivity contribution >= 4 is 5.97 Å². The normalized spacial score (nSPS) is 29.6. The molecule has 0 unspecified atom stereocenters. The molecule has 1 heterocycles. The van der Waals surface area contributed by atoms with E-state index in [9.17, 15) is 4.79 Å². The lowest BCUT2D eigenvalue weighted by molar-refractivity contribution is -0.424. The van der Waals surface area contributed by atoms with Crippen LogP contribution in [0.2, 0.25) is 0 Å². The van der Waals surface area contributed by atoms with E-state index in [1.807, 2.05) is 0 Å². The molecule has 0 aliphatic carbocycles. The summed E-state index contributed by atoms with van der Waals surface area (Å²) in [5, 5.41) is 9.07. The number of carbonyl (C=O) groups is 1. The lowest BCUT2D eigenvalue weighted by atomic mass is 9.76. The second-order valence-electron chi connectivity index (χ2n) is 7.77. The molecule has 1 N–H and O–H groups in total. The summed E-state index contributed by atoms with van der Waals surface area (Å²) in [6.45, 7) is 11.0. The Labute approximate surface area is 153 Å². The summed E-state index contributed by atoms with van der Waals surface area (Å²) >= 11 is 0. The van der Waals surface area contributed by atoms with Gasteiger partial charge in [0.25, 0.3) is 0 Å². The molecule has 0 aromatic carbocycles. The molecular formula is C21H38O4. The predicted octanol–water partition coefficient (Wildman–Crippen LogP) is 5.77. The molecule has 5 atom stereocenters. The summed E-state index contributed by atoms with van der Waals surface area (Å²) in [5.74, 6) is 0.593. The second kappa shape index (κ2) is 11.0. The van der Waals surface area contributed by atoms with Crippen LogP contribution >= 0.6 is 0 Å². The Balaban J connectivity index is 2.70. The van der Waals surface area contributed by atoms with Crippen LogP contribution in [0.25, 0.3) is 0 Å². The molecule has 0 spiro atoms. The van der Waals surface area contributed by atoms with Gasteiger partial charge < -0.3 is 5.11 Å². The zero-order chi connectivity index (χ0) is 18.9. The van der Waals surface area contributed by atoms with E-state index >= 15 is 0 Å². The van der Waals surface area contributed by atoms with E-state index in [2.05, 4.69) is 46.8 Å². The van der Waals surface area contributed by atoms with Crippen molar-refractivity contribution in [1.29, 1.82) is 0 Å². The van der Waals surface area contributed by atoms with Gasteiger partial charge in [0.05, 0.1) is 6.42 Å². The molecule has 0 amide bonds. The van der Waals surface area contributed by atoms with Gasteiger partial charge >= 0.3 is 5.97 Å². The molecule has 0 aromatic heterocycles. The molecule has 146 valence electrons. The zero-order valence-electron chi connectivity index (χ0n) is 16.8. The highest BCUT2D eigenvalue weighted by atomic mass is 17.2. The molecule has 0 aromatic rings. The topological polar surface area (TPSA) is 55.8 Å². The lowest BCUT2D eigenvalue weighted by Crippen LogP contribution is -2.46. The summed E-state index contributed by atoms with van der Waals surface area (Å²) in [4.78, 5) is 22.5. The van der Waals surface area contributed by atoms with Crippen LogP contribution < -0.4 is 0 Å². The molecule has 1 saturated heterocycles. The fourth-order valence-electron chi connectivity index (χ4n) is 4.08. The van der Waals surface area contributed by atoms with Crippen LogP contribution in [0.1, 0.15) is 86.0 Å². The number of hydrogen-bond acceptors (Lipinski definition) is 3. The highest BCUT2D eigenvalue weighted by molar-refractivity contribution is 5.67. The maximum Gasteiger partial charge on any atom is 0.306 e. The van der Waals surface area contributed by atoms with E-state index in [1.54, 1.807) is 0 Å². The van der Waals surface area contributed by atoms with Gasteiger partial charge in [-0.15, -0.1) is 0 Å². The van der Waals surface area contributed by atoms with E-state index in [0.29, 0.717) is 11.8 Å². The molecule has 0 bridgehead atoms. The van der Waals surface area contributed by atoms with Gasteiger partial charge in [-0.2, -0.15) is 0 Å². The maximum absolute atomic E-state index is 11.0. The van der Waals surface area contributed by atoms with Crippen molar-refractivity contribution < 1.29 is 19.7 Å². The quantitative estimate of drug-likeness (QED) is 0.378. The Bertz CT molecular complexity index is 420. The van der Waals surface area contributed by atoms with Crippen LogP contribution in [0.15, 0.2) is 12.2 Å². The Morgan fingerprint density at radius 3 is 2.56 bits per heavy atom. The molecule has 1 fully saturated rings. The molecular weight excluding hydrogens is 316 g/mol. The first-order valence-corrected chi connectivity index (χ1v) is 10.1. The van der Waals surface area contributed by atoms with Crippen molar-refractivity contribution in [3.63, 3.8) is 0 Å². The lowest BCUT2D eigenvalue weighted by Gasteiger charge is -2.43. The van der Waals surface area contributed by atoms with Crippen LogP contribution in [0.5, 0.6) is 0 Å². The van der Waals surface area contributed by atoms with Crippen LogP contribution in [0.3, 0.4) is 0 Å². The number of allylic oxidation sites excluding steroid dienone is 2. The van der Waals surface area contributed by atoms with Gasteiger partial charge in [-0.05, 0) is 56.3 Å². The molecule has 1 rings (SSSR count). The summed E-state index contributed by atoms with van der Waals surface area (Å²) in [5.41, 5.74) is -0.276. The highest BCUT2D eigenvalue weighted by Gasteiger charge is 2.43. The Kier molecular flexibility index (Phi) is 9.73. The van der Waals surface area contributed by atoms with E-state index in [0.717, 1.165) is 44.9 Å². The van der Waals surface area contributed by atoms with Gasteiger partial charge in [-0.25, -0.2) is 9.78 Å². The first-order valence-electron chi connectivity index (χ1n) is 10.1. The molecule has 0 radical (unpaired) electrons. The predicted molar refractivity (Wildman–Crippen MR) is 101 cm³/mol. The van der Waals surface area contributed by atoms with E-state index in [-0.39, 0.29) is 24.0 Å². The van der Waals surface area contributed by atoms with Crippen LogP contribution in [-0.4, -0.2) is 22.8 Å². The van der Waals surface area contributed by atoms with Crippen LogP contribution in [0, 0.1) is 17.8 Å². The summed E-state index contributed by atoms with van der Waals surface area (Å²) in [6.07, 6.45) is 11.4. The van der Waals surface area contributed by atoms with Gasteiger partial charge in [-0.3, -0.25) is 4.79 Å². The Morgan fingerprint density at radius 1 is 1.32 bits per heavy atom. The number of carboxylic acid groups (broad SMARTS) is 1. The molecule has 4 nitrogen and oxygen atoms in total. The maximum atomic E-state index is 11.0. The van der Waals surface area contributed by atoms with Gasteiger partial charge in [0.1, 0.15) is 11.7 Å². The van der Waals surface area contributed by atoms with Crippen molar-refractivity contribution in [2.45, 2.75) is 97.7 Å². The van der Waals surface area contributed by atoms with Crippen LogP contribution in [-0.2, 0) is 14.6 Å². The van der Waals surface area contributed by atoms with Gasteiger partial charge in [0.15, 0.2) is 0 Å². The van der Waals surface area contributed by atoms with E-state index in [4.69, 9.17) is 14.9 Å². The number of carboxylic acids is 1. The zero-order valence-corrected chi connectivity index (χ0v) is 16.8. The van der Waals surface area contributed by atoms with Gasteiger partial charge in [0, 0.05) is 0 Å². The number of hydrogen-bond donors (Lipinski definition) is 1. The molecule has 4 heteroatoms. The number of aliphatic carboxylic acids is 1. The number of rotatable bonds is 11. The smallest absolute Gasteiger partial charge is 0.306 e. The minimum absolute atomic E-state index is 0.0214. The average molecular weight is 355 g/mol. The van der Waals surface area contributed by atoms with Crippen molar-refractivity contribution in [2.24, 2.45) is 17.8 Å². The fourth-order valence-corrected chi connectivity index (χ4v) is 4.08. The van der Waals surface area contributed by atoms with E-state index in [1.165, 1.54) is 0 Å². The second-order valence-corrected chi connectivity index (χ2v) is 7.77. The molecule has 25 heavy (non-hydrogen) atoms. The minimum Gasteiger partial charge on any atom is -0.481 e. The van der Waals surface area contributed by atoms with E-state index < -0.39 is 5.97 Å². The highest BCUT2D eigenvalue weighted by Crippen LogP contribution is 2.41. The van der Waals surface area contributed by atoms with Crippen molar-refractivity contribution in [2.75, 3.05) is 0 Å². The van der Waals surface area contributed by atoms with Crippen LogP contribution in [0.4, 0.5) is 0 Å². The summed E-state index contributed by atoms with van der Waals surface area (Å²) in [6, 6.07) is 0. The first kappa shape index (κ1) is 22.2. The third-order valence-electron chi connectivity index (χ3n) is 5.65. The Hall–Kier alpha value is -0.870. The standard InChI is InChI=1S/C21H38O4/c1-6-10-11-17(7-2)12-16(5)14-21(9-4)15-18(8-3)19(24-25-21)13-20(22)23/h10-11,16-19H,6-9,12-15H2,1-5H3,(H,22,23)/b11-10+/t16-,17-,18-,19-,21+/m0/s1. The molecule has 1 aliphatic rings. The largest absolute Gasteiger partial charge is 0.481 e. The Morgan fingerprint density at radius 2 is 2.04 bits per heavy atom. The third-order valence-corrected chi connectivity index (χ3v) is 5.65. The van der Waals surface area contributed by atoms with Gasteiger partial charge in [0.2, 0.25) is 0 Å². The van der Waals surface area contributed by atoms with Crippen molar-refractivity contribution in [1.82, 2.24) is 0 Å². The van der Waals surface area contributed by atoms with Gasteiger partial charge in [-0.1, -0.05) is 53.2 Å². The third kappa shape index (κ3) is 7.10. The fraction of sp³-hybridized carbons (Fsp3) is 0.857. The average Bonchev–Trinajstić information content (AvgIpc) is 2.59. The summed E-state index contributed by atoms with van der Waals surface area (Å²) < 4.78 is 0. The SMILES string of the molecule is CC/C=C/[C@H](CC)C[C@H](C)C[C@]1(CC)C[C@H](CC)[C@H](CC(=O)O)OO1. The van der Waals surface area contributed by atoms with Crippen molar-refractivity contribution in [3.8, 4) is 0 Å².